The second-order valence-electron chi connectivity index (χ2n) is 6.82. The third-order valence-electron chi connectivity index (χ3n) is 5.07. The molecule has 0 atom stereocenters. The van der Waals surface area contributed by atoms with Gasteiger partial charge in [0.15, 0.2) is 11.8 Å². The fraction of sp³-hybridized carbons (Fsp3) is 0.286. The number of aromatic hydroxyl groups is 1. The van der Waals surface area contributed by atoms with Crippen LogP contribution in [0.2, 0.25) is 0 Å². The van der Waals surface area contributed by atoms with Gasteiger partial charge in [0.05, 0.1) is 12.2 Å². The fourth-order valence-electron chi connectivity index (χ4n) is 3.56. The predicted octanol–water partition coefficient (Wildman–Crippen LogP) is 2.49. The normalized spacial score (nSPS) is 14.4. The van der Waals surface area contributed by atoms with Crippen LogP contribution in [0.15, 0.2) is 65.9 Å². The van der Waals surface area contributed by atoms with Crippen molar-refractivity contribution in [3.8, 4) is 11.4 Å². The Morgan fingerprint density at radius 3 is 2.43 bits per heavy atom. The lowest BCUT2D eigenvalue weighted by Crippen LogP contribution is -2.52. The van der Waals surface area contributed by atoms with Gasteiger partial charge in [-0.2, -0.15) is 0 Å². The highest BCUT2D eigenvalue weighted by Gasteiger charge is 2.21. The first kappa shape index (κ1) is 21.9. The third kappa shape index (κ3) is 4.84. The first-order valence-corrected chi connectivity index (χ1v) is 9.69. The molecule has 2 aromatic carbocycles. The summed E-state index contributed by atoms with van der Waals surface area (Å²) in [5.41, 5.74) is 1.91. The lowest BCUT2D eigenvalue weighted by molar-refractivity contribution is 0.369. The molecule has 9 heteroatoms. The number of aliphatic imine (C=N–C) groups is 1. The topological polar surface area (TPSA) is 81.8 Å². The predicted molar refractivity (Wildman–Crippen MR) is 129 cm³/mol. The van der Waals surface area contributed by atoms with E-state index in [-0.39, 0.29) is 24.0 Å². The molecule has 0 aliphatic carbocycles. The molecule has 1 fully saturated rings. The maximum atomic E-state index is 10.1. The molecule has 0 bridgehead atoms. The van der Waals surface area contributed by atoms with Crippen molar-refractivity contribution < 1.29 is 5.11 Å². The van der Waals surface area contributed by atoms with E-state index in [4.69, 9.17) is 0 Å². The van der Waals surface area contributed by atoms with Crippen LogP contribution in [-0.2, 0) is 6.54 Å². The summed E-state index contributed by atoms with van der Waals surface area (Å²) in [5.74, 6) is 1.98. The molecule has 0 saturated carbocycles. The van der Waals surface area contributed by atoms with Crippen LogP contribution in [-0.4, -0.2) is 64.0 Å². The number of nitrogens with one attached hydrogen (secondary N) is 1. The Morgan fingerprint density at radius 1 is 1.03 bits per heavy atom. The first-order valence-electron chi connectivity index (χ1n) is 9.69. The number of aromatic nitrogens is 3. The van der Waals surface area contributed by atoms with E-state index < -0.39 is 0 Å². The highest BCUT2D eigenvalue weighted by molar-refractivity contribution is 14.0. The molecule has 0 unspecified atom stereocenters. The van der Waals surface area contributed by atoms with Gasteiger partial charge < -0.3 is 20.2 Å². The van der Waals surface area contributed by atoms with Gasteiger partial charge in [0.2, 0.25) is 0 Å². The molecule has 1 saturated heterocycles. The van der Waals surface area contributed by atoms with Crippen LogP contribution in [0.4, 0.5) is 5.69 Å². The van der Waals surface area contributed by atoms with Crippen LogP contribution in [0, 0.1) is 0 Å². The lowest BCUT2D eigenvalue weighted by atomic mass is 10.2. The number of piperazine rings is 1. The van der Waals surface area contributed by atoms with Gasteiger partial charge in [0, 0.05) is 38.9 Å². The molecule has 158 valence electrons. The Bertz CT molecular complexity index is 968. The highest BCUT2D eigenvalue weighted by atomic mass is 127. The second-order valence-corrected chi connectivity index (χ2v) is 6.82. The summed E-state index contributed by atoms with van der Waals surface area (Å²) in [7, 11) is 1.79. The number of hydrogen-bond acceptors (Lipinski definition) is 5. The van der Waals surface area contributed by atoms with E-state index in [1.807, 2.05) is 53.1 Å². The average Bonchev–Trinajstić information content (AvgIpc) is 3.24. The monoisotopic (exact) mass is 519 g/mol. The molecule has 30 heavy (non-hydrogen) atoms. The number of rotatable bonds is 4. The third-order valence-corrected chi connectivity index (χ3v) is 5.07. The summed E-state index contributed by atoms with van der Waals surface area (Å²) >= 11 is 0. The first-order chi connectivity index (χ1) is 14.3. The molecule has 1 aliphatic heterocycles. The van der Waals surface area contributed by atoms with Crippen LogP contribution >= 0.6 is 24.0 Å². The minimum atomic E-state index is 0. The smallest absolute Gasteiger partial charge is 0.194 e. The molecule has 8 nitrogen and oxygen atoms in total. The molecule has 4 rings (SSSR count). The minimum Gasteiger partial charge on any atom is -0.506 e. The largest absolute Gasteiger partial charge is 0.506 e. The highest BCUT2D eigenvalue weighted by Crippen LogP contribution is 2.27. The quantitative estimate of drug-likeness (QED) is 0.313. The van der Waals surface area contributed by atoms with E-state index in [0.29, 0.717) is 12.3 Å². The van der Waals surface area contributed by atoms with Gasteiger partial charge in [0.25, 0.3) is 0 Å². The molecular weight excluding hydrogens is 493 g/mol. The van der Waals surface area contributed by atoms with E-state index in [0.717, 1.165) is 49.3 Å². The van der Waals surface area contributed by atoms with Crippen LogP contribution in [0.5, 0.6) is 5.75 Å². The second kappa shape index (κ2) is 10.3. The number of benzene rings is 2. The standard InChI is InChI=1S/C21H25N7O.HI/c1-22-21(23-15-20-25-24-16-28(20)17-7-3-2-4-8-17)27-13-11-26(12-14-27)18-9-5-6-10-19(18)29;/h2-10,16,29H,11-15H2,1H3,(H,22,23);1H. The molecule has 2 heterocycles. The van der Waals surface area contributed by atoms with Gasteiger partial charge in [0.1, 0.15) is 12.1 Å². The molecule has 1 aromatic heterocycles. The summed E-state index contributed by atoms with van der Waals surface area (Å²) in [6.45, 7) is 3.80. The number of hydrogen-bond donors (Lipinski definition) is 2. The van der Waals surface area contributed by atoms with Gasteiger partial charge in [-0.25, -0.2) is 0 Å². The number of phenolic OH excluding ortho intramolecular Hbond substituents is 1. The molecule has 1 aliphatic rings. The van der Waals surface area contributed by atoms with Crippen molar-refractivity contribution in [1.29, 1.82) is 0 Å². The summed E-state index contributed by atoms with van der Waals surface area (Å²) in [6.07, 6.45) is 1.72. The Hall–Kier alpha value is -2.82. The van der Waals surface area contributed by atoms with Crippen molar-refractivity contribution in [3.63, 3.8) is 0 Å². The van der Waals surface area contributed by atoms with Crippen molar-refractivity contribution in [3.05, 3.63) is 66.7 Å². The van der Waals surface area contributed by atoms with Crippen molar-refractivity contribution in [1.82, 2.24) is 25.0 Å². The summed E-state index contributed by atoms with van der Waals surface area (Å²) in [4.78, 5) is 8.86. The van der Waals surface area contributed by atoms with Gasteiger partial charge >= 0.3 is 0 Å². The number of phenols is 1. The van der Waals surface area contributed by atoms with Crippen LogP contribution in [0.3, 0.4) is 0 Å². The zero-order valence-corrected chi connectivity index (χ0v) is 19.2. The van der Waals surface area contributed by atoms with Crippen LogP contribution in [0.25, 0.3) is 5.69 Å². The number of guanidine groups is 1. The Balaban J connectivity index is 0.00000256. The van der Waals surface area contributed by atoms with E-state index in [1.54, 1.807) is 19.4 Å². The van der Waals surface area contributed by atoms with E-state index in [2.05, 4.69) is 30.3 Å². The van der Waals surface area contributed by atoms with Gasteiger partial charge in [-0.15, -0.1) is 34.2 Å². The Kier molecular flexibility index (Phi) is 7.50. The zero-order chi connectivity index (χ0) is 20.1. The maximum absolute atomic E-state index is 10.1. The maximum Gasteiger partial charge on any atom is 0.194 e. The Labute approximate surface area is 193 Å². The van der Waals surface area contributed by atoms with E-state index >= 15 is 0 Å². The van der Waals surface area contributed by atoms with Gasteiger partial charge in [-0.05, 0) is 24.3 Å². The fourth-order valence-corrected chi connectivity index (χ4v) is 3.56. The van der Waals surface area contributed by atoms with Crippen molar-refractivity contribution in [2.75, 3.05) is 38.1 Å². The summed E-state index contributed by atoms with van der Waals surface area (Å²) in [6, 6.07) is 17.5. The molecular formula is C21H26IN7O. The minimum absolute atomic E-state index is 0. The van der Waals surface area contributed by atoms with Crippen molar-refractivity contribution in [2.24, 2.45) is 4.99 Å². The number of nitrogens with zero attached hydrogens (tertiary/aromatic N) is 6. The molecule has 0 radical (unpaired) electrons. The van der Waals surface area contributed by atoms with E-state index in [1.165, 1.54) is 0 Å². The van der Waals surface area contributed by atoms with Gasteiger partial charge in [-0.1, -0.05) is 30.3 Å². The lowest BCUT2D eigenvalue weighted by Gasteiger charge is -2.37. The number of anilines is 1. The molecule has 0 amide bonds. The van der Waals surface area contributed by atoms with Crippen molar-refractivity contribution >= 4 is 35.6 Å². The number of para-hydroxylation sites is 3. The Morgan fingerprint density at radius 2 is 1.73 bits per heavy atom. The molecule has 0 spiro atoms. The summed E-state index contributed by atoms with van der Waals surface area (Å²) < 4.78 is 1.97. The van der Waals surface area contributed by atoms with Crippen LogP contribution in [0.1, 0.15) is 5.82 Å². The van der Waals surface area contributed by atoms with Gasteiger partial charge in [-0.3, -0.25) is 9.56 Å². The summed E-state index contributed by atoms with van der Waals surface area (Å²) in [5, 5.41) is 21.8. The SMILES string of the molecule is CN=C(NCc1nncn1-c1ccccc1)N1CCN(c2ccccc2O)CC1.I. The molecule has 3 aromatic rings. The average molecular weight is 519 g/mol. The van der Waals surface area contributed by atoms with Crippen molar-refractivity contribution in [2.45, 2.75) is 6.54 Å². The molecule has 2 N–H and O–H groups in total. The zero-order valence-electron chi connectivity index (χ0n) is 16.8. The van der Waals surface area contributed by atoms with E-state index in [9.17, 15) is 5.11 Å². The number of halogens is 1. The van der Waals surface area contributed by atoms with Crippen LogP contribution < -0.4 is 10.2 Å².